The molecule has 0 amide bonds. The van der Waals surface area contributed by atoms with E-state index in [-0.39, 0.29) is 10.6 Å². The average molecular weight is 410 g/mol. The first-order valence-corrected chi connectivity index (χ1v) is 12.2. The van der Waals surface area contributed by atoms with E-state index >= 15 is 0 Å². The summed E-state index contributed by atoms with van der Waals surface area (Å²) in [6, 6.07) is 37.6. The van der Waals surface area contributed by atoms with Gasteiger partial charge in [0.2, 0.25) is 0 Å². The lowest BCUT2D eigenvalue weighted by Gasteiger charge is -2.34. The standard InChI is InChI=1S/C26H23NO2Si/c1-21-17-18-26(27(28)29)22(19-21)20-30(23-11-5-2-6-12-23,24-13-7-3-8-14-24)25-15-9-4-10-16-25/h2-19H,20H2,1H3. The van der Waals surface area contributed by atoms with E-state index in [4.69, 9.17) is 0 Å². The fourth-order valence-corrected chi connectivity index (χ4v) is 9.05. The minimum Gasteiger partial charge on any atom is -0.258 e. The van der Waals surface area contributed by atoms with Crippen LogP contribution in [-0.4, -0.2) is 13.0 Å². The van der Waals surface area contributed by atoms with Crippen molar-refractivity contribution in [3.63, 3.8) is 0 Å². The second-order valence-corrected chi connectivity index (χ2v) is 11.5. The molecule has 0 fully saturated rings. The van der Waals surface area contributed by atoms with Gasteiger partial charge in [-0.15, -0.1) is 0 Å². The van der Waals surface area contributed by atoms with Gasteiger partial charge in [-0.1, -0.05) is 103 Å². The van der Waals surface area contributed by atoms with Crippen molar-refractivity contribution in [2.75, 3.05) is 0 Å². The van der Waals surface area contributed by atoms with Crippen LogP contribution in [0.4, 0.5) is 5.69 Å². The Labute approximate surface area is 177 Å². The lowest BCUT2D eigenvalue weighted by atomic mass is 10.1. The fourth-order valence-electron chi connectivity index (χ4n) is 4.29. The molecule has 0 spiro atoms. The zero-order chi connectivity index (χ0) is 21.0. The highest BCUT2D eigenvalue weighted by atomic mass is 28.3. The zero-order valence-electron chi connectivity index (χ0n) is 16.9. The van der Waals surface area contributed by atoms with E-state index in [2.05, 4.69) is 72.8 Å². The van der Waals surface area contributed by atoms with E-state index < -0.39 is 8.07 Å². The Morgan fingerprint density at radius 2 is 1.13 bits per heavy atom. The minimum atomic E-state index is -2.57. The molecule has 148 valence electrons. The van der Waals surface area contributed by atoms with Crippen LogP contribution in [0.25, 0.3) is 0 Å². The number of rotatable bonds is 6. The number of nitrogens with zero attached hydrogens (tertiary/aromatic N) is 1. The molecular formula is C26H23NO2Si. The Morgan fingerprint density at radius 3 is 1.53 bits per heavy atom. The van der Waals surface area contributed by atoms with Gasteiger partial charge in [-0.05, 0) is 34.6 Å². The van der Waals surface area contributed by atoms with Gasteiger partial charge in [-0.25, -0.2) is 0 Å². The van der Waals surface area contributed by atoms with Crippen molar-refractivity contribution in [2.45, 2.75) is 13.0 Å². The molecule has 0 unspecified atom stereocenters. The first-order valence-electron chi connectivity index (χ1n) is 10.0. The molecule has 0 aliphatic rings. The summed E-state index contributed by atoms with van der Waals surface area (Å²) in [5.74, 6) is 0. The molecule has 4 heteroatoms. The molecule has 0 saturated carbocycles. The van der Waals surface area contributed by atoms with Crippen LogP contribution in [0.5, 0.6) is 0 Å². The molecule has 4 rings (SSSR count). The molecule has 0 bridgehead atoms. The quantitative estimate of drug-likeness (QED) is 0.208. The molecule has 0 radical (unpaired) electrons. The molecule has 0 aliphatic carbocycles. The number of nitro benzene ring substituents is 1. The third-order valence-corrected chi connectivity index (χ3v) is 10.6. The Morgan fingerprint density at radius 1 is 0.700 bits per heavy atom. The van der Waals surface area contributed by atoms with Gasteiger partial charge in [0.05, 0.1) is 4.92 Å². The van der Waals surface area contributed by atoms with E-state index in [1.54, 1.807) is 6.07 Å². The zero-order valence-corrected chi connectivity index (χ0v) is 17.9. The summed E-state index contributed by atoms with van der Waals surface area (Å²) in [7, 11) is -2.57. The maximum Gasteiger partial charge on any atom is 0.272 e. The summed E-state index contributed by atoms with van der Waals surface area (Å²) in [5, 5.41) is 15.6. The monoisotopic (exact) mass is 409 g/mol. The summed E-state index contributed by atoms with van der Waals surface area (Å²) in [6.45, 7) is 1.99. The van der Waals surface area contributed by atoms with E-state index in [9.17, 15) is 10.1 Å². The van der Waals surface area contributed by atoms with Gasteiger partial charge >= 0.3 is 0 Å². The first-order chi connectivity index (χ1) is 14.6. The molecule has 0 N–H and O–H groups in total. The van der Waals surface area contributed by atoms with E-state index in [0.29, 0.717) is 6.04 Å². The fraction of sp³-hybridized carbons (Fsp3) is 0.0769. The van der Waals surface area contributed by atoms with Gasteiger partial charge in [-0.3, -0.25) is 10.1 Å². The predicted molar refractivity (Wildman–Crippen MR) is 126 cm³/mol. The van der Waals surface area contributed by atoms with Gasteiger partial charge in [-0.2, -0.15) is 0 Å². The van der Waals surface area contributed by atoms with Crippen LogP contribution in [0, 0.1) is 17.0 Å². The Hall–Kier alpha value is -3.50. The molecule has 0 aliphatic heterocycles. The van der Waals surface area contributed by atoms with Crippen molar-refractivity contribution in [3.05, 3.63) is 130 Å². The predicted octanol–water partition coefficient (Wildman–Crippen LogP) is 4.16. The number of aryl methyl sites for hydroxylation is 1. The highest BCUT2D eigenvalue weighted by molar-refractivity contribution is 7.11. The Bertz CT molecular complexity index is 1050. The van der Waals surface area contributed by atoms with Gasteiger partial charge < -0.3 is 0 Å². The molecule has 0 atom stereocenters. The summed E-state index contributed by atoms with van der Waals surface area (Å²) in [5.41, 5.74) is 2.02. The lowest BCUT2D eigenvalue weighted by Crippen LogP contribution is -2.68. The topological polar surface area (TPSA) is 43.1 Å². The maximum atomic E-state index is 11.8. The van der Waals surface area contributed by atoms with Crippen LogP contribution >= 0.6 is 0 Å². The van der Waals surface area contributed by atoms with Crippen LogP contribution in [-0.2, 0) is 6.04 Å². The summed E-state index contributed by atoms with van der Waals surface area (Å²) in [4.78, 5) is 11.6. The van der Waals surface area contributed by atoms with Crippen LogP contribution < -0.4 is 15.6 Å². The molecule has 0 heterocycles. The van der Waals surface area contributed by atoms with Gasteiger partial charge in [0.25, 0.3) is 5.69 Å². The van der Waals surface area contributed by atoms with Crippen LogP contribution in [0.1, 0.15) is 11.1 Å². The second-order valence-electron chi connectivity index (χ2n) is 7.57. The lowest BCUT2D eigenvalue weighted by molar-refractivity contribution is -0.385. The normalized spacial score (nSPS) is 11.2. The second kappa shape index (κ2) is 8.47. The highest BCUT2D eigenvalue weighted by Gasteiger charge is 2.40. The highest BCUT2D eigenvalue weighted by Crippen LogP contribution is 2.24. The van der Waals surface area contributed by atoms with Crippen molar-refractivity contribution in [1.82, 2.24) is 0 Å². The van der Waals surface area contributed by atoms with Crippen LogP contribution in [0.15, 0.2) is 109 Å². The largest absolute Gasteiger partial charge is 0.272 e. The molecule has 3 nitrogen and oxygen atoms in total. The SMILES string of the molecule is Cc1ccc([N+](=O)[O-])c(C[Si](c2ccccc2)(c2ccccc2)c2ccccc2)c1. The molecule has 0 aromatic heterocycles. The van der Waals surface area contributed by atoms with Crippen molar-refractivity contribution in [2.24, 2.45) is 0 Å². The van der Waals surface area contributed by atoms with Crippen molar-refractivity contribution in [3.8, 4) is 0 Å². The Kier molecular flexibility index (Phi) is 5.59. The van der Waals surface area contributed by atoms with Gasteiger partial charge in [0.1, 0.15) is 0 Å². The van der Waals surface area contributed by atoms with Gasteiger partial charge in [0.15, 0.2) is 8.07 Å². The number of benzene rings is 4. The molecule has 0 saturated heterocycles. The molecule has 4 aromatic carbocycles. The number of nitro groups is 1. The number of hydrogen-bond donors (Lipinski definition) is 0. The smallest absolute Gasteiger partial charge is 0.258 e. The van der Waals surface area contributed by atoms with Crippen LogP contribution in [0.2, 0.25) is 0 Å². The molecule has 30 heavy (non-hydrogen) atoms. The van der Waals surface area contributed by atoms with Crippen molar-refractivity contribution in [1.29, 1.82) is 0 Å². The minimum absolute atomic E-state index is 0.195. The van der Waals surface area contributed by atoms with E-state index in [0.717, 1.165) is 11.1 Å². The summed E-state index contributed by atoms with van der Waals surface area (Å²) < 4.78 is 0. The van der Waals surface area contributed by atoms with Crippen molar-refractivity contribution < 1.29 is 4.92 Å². The first kappa shape index (κ1) is 19.8. The third kappa shape index (κ3) is 3.70. The molecular weight excluding hydrogens is 386 g/mol. The van der Waals surface area contributed by atoms with E-state index in [1.807, 2.05) is 37.3 Å². The summed E-state index contributed by atoms with van der Waals surface area (Å²) >= 11 is 0. The third-order valence-electron chi connectivity index (χ3n) is 5.69. The van der Waals surface area contributed by atoms with Crippen LogP contribution in [0.3, 0.4) is 0 Å². The maximum absolute atomic E-state index is 11.8. The number of hydrogen-bond acceptors (Lipinski definition) is 2. The summed E-state index contributed by atoms with van der Waals surface area (Å²) in [6.07, 6.45) is 0. The Balaban J connectivity index is 2.04. The van der Waals surface area contributed by atoms with E-state index in [1.165, 1.54) is 15.6 Å². The van der Waals surface area contributed by atoms with Gasteiger partial charge in [0, 0.05) is 11.6 Å². The van der Waals surface area contributed by atoms with Crippen molar-refractivity contribution >= 4 is 29.3 Å². The average Bonchev–Trinajstić information content (AvgIpc) is 2.79. The molecule has 4 aromatic rings.